The van der Waals surface area contributed by atoms with Crippen molar-refractivity contribution in [1.82, 2.24) is 10.2 Å². The molecular formula is C22H43ClN4O. The van der Waals surface area contributed by atoms with Gasteiger partial charge < -0.3 is 21.7 Å². The minimum Gasteiger partial charge on any atom is -0.330 e. The lowest BCUT2D eigenvalue weighted by Gasteiger charge is -2.22. The van der Waals surface area contributed by atoms with Gasteiger partial charge in [-0.25, -0.2) is 0 Å². The predicted molar refractivity (Wildman–Crippen MR) is 124 cm³/mol. The largest absolute Gasteiger partial charge is 0.330 e. The Morgan fingerprint density at radius 2 is 1.68 bits per heavy atom. The van der Waals surface area contributed by atoms with E-state index in [0.29, 0.717) is 11.4 Å². The average Bonchev–Trinajstić information content (AvgIpc) is 2.72. The first-order valence-electron chi connectivity index (χ1n) is 10.4. The number of nitrogens with one attached hydrogen (secondary N) is 1. The van der Waals surface area contributed by atoms with Crippen molar-refractivity contribution < 1.29 is 4.79 Å². The number of likely N-dealkylation sites (N-methyl/N-ethyl adjacent to an activating group) is 1. The van der Waals surface area contributed by atoms with Gasteiger partial charge in [-0.3, -0.25) is 4.79 Å². The molecule has 0 unspecified atom stereocenters. The second kappa shape index (κ2) is 22.3. The van der Waals surface area contributed by atoms with E-state index in [0.717, 1.165) is 63.5 Å². The molecule has 5 N–H and O–H groups in total. The number of hydrogen-bond acceptors (Lipinski definition) is 5. The van der Waals surface area contributed by atoms with Crippen molar-refractivity contribution in [3.8, 4) is 0 Å². The van der Waals surface area contributed by atoms with Crippen LogP contribution in [-0.2, 0) is 5.88 Å². The maximum absolute atomic E-state index is 10.2. The van der Waals surface area contributed by atoms with Gasteiger partial charge in [0.05, 0.1) is 0 Å². The monoisotopic (exact) mass is 414 g/mol. The van der Waals surface area contributed by atoms with E-state index in [1.54, 1.807) is 12.1 Å². The number of carbonyl (C=O) groups excluding carboxylic acids is 1. The van der Waals surface area contributed by atoms with Crippen LogP contribution in [0.5, 0.6) is 0 Å². The van der Waals surface area contributed by atoms with Crippen LogP contribution >= 0.6 is 11.6 Å². The molecule has 0 fully saturated rings. The third-order valence-electron chi connectivity index (χ3n) is 3.88. The molecule has 164 valence electrons. The quantitative estimate of drug-likeness (QED) is 0.277. The summed E-state index contributed by atoms with van der Waals surface area (Å²) < 4.78 is 0. The summed E-state index contributed by atoms with van der Waals surface area (Å²) in [5.41, 5.74) is 12.3. The minimum absolute atomic E-state index is 0.499. The number of alkyl halides is 1. The Morgan fingerprint density at radius 3 is 2.07 bits per heavy atom. The first-order valence-corrected chi connectivity index (χ1v) is 11.0. The highest BCUT2D eigenvalue weighted by Gasteiger charge is 2.04. The first-order chi connectivity index (χ1) is 13.5. The average molecular weight is 415 g/mol. The highest BCUT2D eigenvalue weighted by molar-refractivity contribution is 6.17. The summed E-state index contributed by atoms with van der Waals surface area (Å²) >= 11 is 5.53. The number of aldehydes is 1. The molecule has 1 rings (SSSR count). The fourth-order valence-corrected chi connectivity index (χ4v) is 2.24. The third kappa shape index (κ3) is 19.8. The second-order valence-electron chi connectivity index (χ2n) is 6.95. The predicted octanol–water partition coefficient (Wildman–Crippen LogP) is 3.50. The van der Waals surface area contributed by atoms with Crippen LogP contribution in [0.15, 0.2) is 24.3 Å². The van der Waals surface area contributed by atoms with Crippen molar-refractivity contribution in [3.05, 3.63) is 35.4 Å². The SMILES string of the molecule is CCCN.CCNCCN(CCN)CCC(C)C.O=Cc1ccc(CCl)cc1. The van der Waals surface area contributed by atoms with Crippen molar-refractivity contribution >= 4 is 17.9 Å². The van der Waals surface area contributed by atoms with E-state index in [4.69, 9.17) is 23.1 Å². The topological polar surface area (TPSA) is 84.4 Å². The van der Waals surface area contributed by atoms with E-state index in [-0.39, 0.29) is 0 Å². The van der Waals surface area contributed by atoms with Crippen LogP contribution in [-0.4, -0.2) is 57.0 Å². The summed E-state index contributed by atoms with van der Waals surface area (Å²) in [6, 6.07) is 7.20. The molecule has 28 heavy (non-hydrogen) atoms. The molecular weight excluding hydrogens is 372 g/mol. The highest BCUT2D eigenvalue weighted by Crippen LogP contribution is 2.04. The number of rotatable bonds is 12. The summed E-state index contributed by atoms with van der Waals surface area (Å²) in [5, 5.41) is 3.34. The van der Waals surface area contributed by atoms with Crippen LogP contribution in [0.1, 0.15) is 56.5 Å². The molecule has 0 bridgehead atoms. The lowest BCUT2D eigenvalue weighted by atomic mass is 10.1. The molecule has 0 saturated heterocycles. The summed E-state index contributed by atoms with van der Waals surface area (Å²) in [5.74, 6) is 1.29. The van der Waals surface area contributed by atoms with Gasteiger partial charge in [-0.15, -0.1) is 11.6 Å². The molecule has 0 atom stereocenters. The number of nitrogens with two attached hydrogens (primary N) is 2. The van der Waals surface area contributed by atoms with Gasteiger partial charge in [0.25, 0.3) is 0 Å². The molecule has 0 aliphatic rings. The van der Waals surface area contributed by atoms with E-state index >= 15 is 0 Å². The van der Waals surface area contributed by atoms with Crippen molar-refractivity contribution in [2.24, 2.45) is 17.4 Å². The number of carbonyl (C=O) groups is 1. The number of nitrogens with zero attached hydrogens (tertiary/aromatic N) is 1. The van der Waals surface area contributed by atoms with Crippen LogP contribution in [0.25, 0.3) is 0 Å². The zero-order valence-electron chi connectivity index (χ0n) is 18.4. The van der Waals surface area contributed by atoms with Crippen molar-refractivity contribution in [3.63, 3.8) is 0 Å². The smallest absolute Gasteiger partial charge is 0.150 e. The normalized spacial score (nSPS) is 10.2. The summed E-state index contributed by atoms with van der Waals surface area (Å²) in [6.45, 7) is 15.8. The highest BCUT2D eigenvalue weighted by atomic mass is 35.5. The Labute approximate surface area is 178 Å². The van der Waals surface area contributed by atoms with Crippen LogP contribution < -0.4 is 16.8 Å². The molecule has 0 aliphatic heterocycles. The summed E-state index contributed by atoms with van der Waals surface area (Å²) in [7, 11) is 0. The molecule has 5 nitrogen and oxygen atoms in total. The fourth-order valence-electron chi connectivity index (χ4n) is 2.06. The Hall–Kier alpha value is -0.980. The van der Waals surface area contributed by atoms with Crippen LogP contribution in [0.4, 0.5) is 0 Å². The van der Waals surface area contributed by atoms with E-state index in [9.17, 15) is 4.79 Å². The van der Waals surface area contributed by atoms with Crippen molar-refractivity contribution in [2.75, 3.05) is 45.8 Å². The van der Waals surface area contributed by atoms with Gasteiger partial charge in [0.1, 0.15) is 6.29 Å². The van der Waals surface area contributed by atoms with Crippen molar-refractivity contribution in [1.29, 1.82) is 0 Å². The maximum Gasteiger partial charge on any atom is 0.150 e. The van der Waals surface area contributed by atoms with Gasteiger partial charge in [-0.1, -0.05) is 52.0 Å². The zero-order valence-corrected chi connectivity index (χ0v) is 19.2. The summed E-state index contributed by atoms with van der Waals surface area (Å²) in [6.07, 6.45) is 3.18. The lowest BCUT2D eigenvalue weighted by Crippen LogP contribution is -2.36. The second-order valence-corrected chi connectivity index (χ2v) is 7.22. The van der Waals surface area contributed by atoms with Gasteiger partial charge in [0.15, 0.2) is 0 Å². The minimum atomic E-state index is 0.499. The van der Waals surface area contributed by atoms with Gasteiger partial charge in [0.2, 0.25) is 0 Å². The van der Waals surface area contributed by atoms with Crippen LogP contribution in [0.3, 0.4) is 0 Å². The first kappa shape index (κ1) is 29.2. The molecule has 0 aromatic heterocycles. The Bertz CT molecular complexity index is 439. The molecule has 0 radical (unpaired) electrons. The van der Waals surface area contributed by atoms with E-state index in [1.807, 2.05) is 12.1 Å². The Morgan fingerprint density at radius 1 is 1.07 bits per heavy atom. The van der Waals surface area contributed by atoms with Gasteiger partial charge in [-0.2, -0.15) is 0 Å². The Kier molecular flexibility index (Phi) is 23.3. The van der Waals surface area contributed by atoms with E-state index in [2.05, 4.69) is 37.9 Å². The summed E-state index contributed by atoms with van der Waals surface area (Å²) in [4.78, 5) is 12.6. The third-order valence-corrected chi connectivity index (χ3v) is 4.19. The number of hydrogen-bond donors (Lipinski definition) is 3. The molecule has 1 aromatic carbocycles. The molecule has 0 amide bonds. The Balaban J connectivity index is 0. The fraction of sp³-hybridized carbons (Fsp3) is 0.682. The van der Waals surface area contributed by atoms with E-state index in [1.165, 1.54) is 13.0 Å². The van der Waals surface area contributed by atoms with Gasteiger partial charge in [0, 0.05) is 37.6 Å². The molecule has 1 aromatic rings. The van der Waals surface area contributed by atoms with E-state index < -0.39 is 0 Å². The molecule has 0 aliphatic carbocycles. The van der Waals surface area contributed by atoms with Crippen LogP contribution in [0.2, 0.25) is 0 Å². The van der Waals surface area contributed by atoms with Crippen LogP contribution in [0, 0.1) is 5.92 Å². The number of benzene rings is 1. The molecule has 0 heterocycles. The zero-order chi connectivity index (χ0) is 21.6. The van der Waals surface area contributed by atoms with Gasteiger partial charge >= 0.3 is 0 Å². The van der Waals surface area contributed by atoms with Gasteiger partial charge in [-0.05, 0) is 44.0 Å². The molecule has 6 heteroatoms. The maximum atomic E-state index is 10.2. The molecule has 0 saturated carbocycles. The lowest BCUT2D eigenvalue weighted by molar-refractivity contribution is 0.112. The standard InChI is InChI=1S/C11H27N3.C8H7ClO.C3H9N/c1-4-13-7-10-14(9-6-12)8-5-11(2)3;9-5-7-1-3-8(6-10)4-2-7;1-2-3-4/h11,13H,4-10,12H2,1-3H3;1-4,6H,5H2;2-4H2,1H3. The number of halogens is 1. The van der Waals surface area contributed by atoms with Crippen molar-refractivity contribution in [2.45, 2.75) is 46.4 Å². The molecule has 0 spiro atoms.